The third-order valence-electron chi connectivity index (χ3n) is 4.13. The molecule has 0 spiro atoms. The van der Waals surface area contributed by atoms with Crippen molar-refractivity contribution in [3.05, 3.63) is 0 Å². The molecule has 2 heteroatoms. The lowest BCUT2D eigenvalue weighted by Crippen LogP contribution is -2.25. The van der Waals surface area contributed by atoms with Gasteiger partial charge in [0.15, 0.2) is 0 Å². The minimum Gasteiger partial charge on any atom is -0.393 e. The van der Waals surface area contributed by atoms with Gasteiger partial charge in [0.2, 0.25) is 0 Å². The minimum absolute atomic E-state index is 0.000000000000000444. The number of halogens is 1. The predicted octanol–water partition coefficient (Wildman–Crippen LogP) is 1.63. The highest BCUT2D eigenvalue weighted by Gasteiger charge is 2.58. The fourth-order valence-electron chi connectivity index (χ4n) is 3.68. The molecule has 2 bridgehead atoms. The van der Waals surface area contributed by atoms with Crippen LogP contribution in [-0.4, -0.2) is 16.6 Å². The van der Waals surface area contributed by atoms with Crippen molar-refractivity contribution in [3.8, 4) is 0 Å². The predicted molar refractivity (Wildman–Crippen MR) is 43.5 cm³/mol. The number of rotatable bonds is 0. The molecule has 0 saturated heterocycles. The molecule has 0 heterocycles. The fourth-order valence-corrected chi connectivity index (χ4v) is 4.18. The Morgan fingerprint density at radius 2 is 1.73 bits per heavy atom. The van der Waals surface area contributed by atoms with Gasteiger partial charge in [0, 0.05) is 5.38 Å². The first kappa shape index (κ1) is 6.73. The molecule has 0 amide bonds. The van der Waals surface area contributed by atoms with E-state index in [-0.39, 0.29) is 6.10 Å². The van der Waals surface area contributed by atoms with Crippen molar-refractivity contribution in [2.75, 3.05) is 0 Å². The van der Waals surface area contributed by atoms with Crippen molar-refractivity contribution in [3.63, 3.8) is 0 Å². The van der Waals surface area contributed by atoms with E-state index in [1.165, 1.54) is 12.8 Å². The van der Waals surface area contributed by atoms with Crippen molar-refractivity contribution in [2.45, 2.75) is 30.7 Å². The molecule has 6 atom stereocenters. The number of aliphatic hydroxyl groups excluding tert-OH is 1. The second-order valence-corrected chi connectivity index (χ2v) is 5.03. The summed E-state index contributed by atoms with van der Waals surface area (Å²) >= 11 is 6.19. The molecule has 3 aliphatic rings. The SMILES string of the molecule is OC1C2CC3C(Cl)CC1C3C2. The molecular formula is C9H13ClO. The van der Waals surface area contributed by atoms with Crippen molar-refractivity contribution in [1.82, 2.24) is 0 Å². The van der Waals surface area contributed by atoms with Crippen LogP contribution in [0, 0.1) is 23.7 Å². The van der Waals surface area contributed by atoms with Crippen LogP contribution < -0.4 is 0 Å². The Balaban J connectivity index is 1.98. The maximum atomic E-state index is 9.76. The molecule has 62 valence electrons. The Hall–Kier alpha value is 0.250. The average Bonchev–Trinajstić information content (AvgIpc) is 2.53. The molecule has 3 rings (SSSR count). The zero-order valence-corrected chi connectivity index (χ0v) is 7.17. The molecule has 3 saturated carbocycles. The van der Waals surface area contributed by atoms with Crippen LogP contribution >= 0.6 is 11.6 Å². The van der Waals surface area contributed by atoms with E-state index < -0.39 is 0 Å². The van der Waals surface area contributed by atoms with E-state index in [4.69, 9.17) is 11.6 Å². The van der Waals surface area contributed by atoms with Crippen LogP contribution in [0.4, 0.5) is 0 Å². The number of hydrogen-bond donors (Lipinski definition) is 1. The van der Waals surface area contributed by atoms with Gasteiger partial charge in [0.1, 0.15) is 0 Å². The van der Waals surface area contributed by atoms with Gasteiger partial charge in [-0.05, 0) is 42.9 Å². The van der Waals surface area contributed by atoms with E-state index in [0.717, 1.165) is 18.3 Å². The first-order chi connectivity index (χ1) is 5.27. The highest BCUT2D eigenvalue weighted by Crippen LogP contribution is 2.60. The fraction of sp³-hybridized carbons (Fsp3) is 1.00. The number of hydrogen-bond acceptors (Lipinski definition) is 1. The third-order valence-corrected chi connectivity index (χ3v) is 4.64. The first-order valence-electron chi connectivity index (χ1n) is 4.59. The monoisotopic (exact) mass is 172 g/mol. The van der Waals surface area contributed by atoms with Crippen molar-refractivity contribution < 1.29 is 5.11 Å². The molecule has 0 aliphatic heterocycles. The molecule has 6 unspecified atom stereocenters. The third kappa shape index (κ3) is 0.671. The number of aliphatic hydroxyl groups is 1. The zero-order valence-electron chi connectivity index (χ0n) is 6.41. The maximum Gasteiger partial charge on any atom is 0.0600 e. The Morgan fingerprint density at radius 1 is 1.00 bits per heavy atom. The second-order valence-electron chi connectivity index (χ2n) is 4.47. The summed E-state index contributed by atoms with van der Waals surface area (Å²) in [5.74, 6) is 2.73. The standard InChI is InChI=1S/C9H13ClO/c10-8-3-7-5-1-4(9(7)11)2-6(5)8/h4-9,11H,1-3H2. The summed E-state index contributed by atoms with van der Waals surface area (Å²) in [5, 5.41) is 10.1. The van der Waals surface area contributed by atoms with Gasteiger partial charge in [-0.2, -0.15) is 0 Å². The largest absolute Gasteiger partial charge is 0.393 e. The summed E-state index contributed by atoms with van der Waals surface area (Å²) in [7, 11) is 0. The zero-order chi connectivity index (χ0) is 7.59. The van der Waals surface area contributed by atoms with Gasteiger partial charge in [-0.1, -0.05) is 0 Å². The quantitative estimate of drug-likeness (QED) is 0.551. The van der Waals surface area contributed by atoms with Crippen molar-refractivity contribution in [1.29, 1.82) is 0 Å². The smallest absolute Gasteiger partial charge is 0.0600 e. The number of alkyl halides is 1. The normalized spacial score (nSPS) is 66.0. The lowest BCUT2D eigenvalue weighted by atomic mass is 9.87. The van der Waals surface area contributed by atoms with E-state index in [9.17, 15) is 5.11 Å². The van der Waals surface area contributed by atoms with Crippen LogP contribution in [0.5, 0.6) is 0 Å². The molecule has 11 heavy (non-hydrogen) atoms. The van der Waals surface area contributed by atoms with Crippen LogP contribution in [0.3, 0.4) is 0 Å². The highest BCUT2D eigenvalue weighted by atomic mass is 35.5. The topological polar surface area (TPSA) is 20.2 Å². The average molecular weight is 173 g/mol. The Morgan fingerprint density at radius 3 is 2.36 bits per heavy atom. The van der Waals surface area contributed by atoms with E-state index in [1.807, 2.05) is 0 Å². The van der Waals surface area contributed by atoms with Crippen LogP contribution in [-0.2, 0) is 0 Å². The van der Waals surface area contributed by atoms with Gasteiger partial charge in [-0.15, -0.1) is 11.6 Å². The summed E-state index contributed by atoms with van der Waals surface area (Å²) < 4.78 is 0. The van der Waals surface area contributed by atoms with E-state index in [1.54, 1.807) is 0 Å². The van der Waals surface area contributed by atoms with Crippen LogP contribution in [0.1, 0.15) is 19.3 Å². The molecule has 0 aromatic heterocycles. The molecule has 1 nitrogen and oxygen atoms in total. The van der Waals surface area contributed by atoms with E-state index >= 15 is 0 Å². The first-order valence-corrected chi connectivity index (χ1v) is 5.03. The molecule has 3 fully saturated rings. The lowest BCUT2D eigenvalue weighted by Gasteiger charge is -2.23. The molecule has 0 aromatic carbocycles. The van der Waals surface area contributed by atoms with E-state index in [2.05, 4.69) is 0 Å². The van der Waals surface area contributed by atoms with Crippen LogP contribution in [0.2, 0.25) is 0 Å². The van der Waals surface area contributed by atoms with Gasteiger partial charge < -0.3 is 5.11 Å². The summed E-state index contributed by atoms with van der Waals surface area (Å²) in [5.41, 5.74) is 0. The van der Waals surface area contributed by atoms with Gasteiger partial charge >= 0.3 is 0 Å². The Kier molecular flexibility index (Phi) is 1.19. The molecule has 3 aliphatic carbocycles. The van der Waals surface area contributed by atoms with Gasteiger partial charge in [-0.25, -0.2) is 0 Å². The van der Waals surface area contributed by atoms with Crippen LogP contribution in [0.25, 0.3) is 0 Å². The Labute approximate surface area is 71.7 Å². The Bertz CT molecular complexity index is 194. The summed E-state index contributed by atoms with van der Waals surface area (Å²) in [6.07, 6.45) is 3.55. The minimum atomic E-state index is -0.000000000000000444. The molecule has 0 radical (unpaired) electrons. The van der Waals surface area contributed by atoms with Crippen molar-refractivity contribution in [2.24, 2.45) is 23.7 Å². The molecule has 1 N–H and O–H groups in total. The summed E-state index contributed by atoms with van der Waals surface area (Å²) in [6, 6.07) is 0. The van der Waals surface area contributed by atoms with Gasteiger partial charge in [0.25, 0.3) is 0 Å². The summed E-state index contributed by atoms with van der Waals surface area (Å²) in [4.78, 5) is 0. The molecular weight excluding hydrogens is 160 g/mol. The van der Waals surface area contributed by atoms with Gasteiger partial charge in [-0.3, -0.25) is 0 Å². The molecule has 0 aromatic rings. The van der Waals surface area contributed by atoms with Crippen LogP contribution in [0.15, 0.2) is 0 Å². The highest BCUT2D eigenvalue weighted by molar-refractivity contribution is 6.21. The number of fused-ring (bicyclic) bond motifs is 1. The maximum absolute atomic E-state index is 9.76. The second kappa shape index (κ2) is 1.94. The van der Waals surface area contributed by atoms with E-state index in [0.29, 0.717) is 17.2 Å². The van der Waals surface area contributed by atoms with Crippen molar-refractivity contribution >= 4 is 11.6 Å². The van der Waals surface area contributed by atoms with Gasteiger partial charge in [0.05, 0.1) is 6.10 Å². The summed E-state index contributed by atoms with van der Waals surface area (Å²) in [6.45, 7) is 0. The lowest BCUT2D eigenvalue weighted by molar-refractivity contribution is 0.0655.